The highest BCUT2D eigenvalue weighted by molar-refractivity contribution is 5.97. The quantitative estimate of drug-likeness (QED) is 0.478. The molecule has 0 radical (unpaired) electrons. The Morgan fingerprint density at radius 1 is 0.792 bits per heavy atom. The van der Waals surface area contributed by atoms with Crippen molar-refractivity contribution in [3.8, 4) is 0 Å². The van der Waals surface area contributed by atoms with Crippen LogP contribution in [0.4, 0.5) is 11.4 Å². The van der Waals surface area contributed by atoms with Crippen LogP contribution in [0.1, 0.15) is 6.92 Å². The van der Waals surface area contributed by atoms with Crippen LogP contribution in [0.2, 0.25) is 0 Å². The summed E-state index contributed by atoms with van der Waals surface area (Å²) in [4.78, 5) is 2.18. The maximum Gasteiger partial charge on any atom is 0.0539 e. The number of hydrogen-bond acceptors (Lipinski definition) is 1. The molecule has 3 rings (SSSR count). The zero-order valence-electron chi connectivity index (χ0n) is 13.9. The molecule has 3 aromatic rings. The molecular weight excluding hydrogens is 290 g/mol. The molecule has 0 aromatic heterocycles. The van der Waals surface area contributed by atoms with E-state index in [1.165, 1.54) is 10.8 Å². The molecule has 24 heavy (non-hydrogen) atoms. The fourth-order valence-corrected chi connectivity index (χ4v) is 2.75. The molecule has 0 amide bonds. The van der Waals surface area contributed by atoms with Gasteiger partial charge < -0.3 is 4.90 Å². The second-order valence-electron chi connectivity index (χ2n) is 5.84. The number of benzene rings is 3. The highest BCUT2D eigenvalue weighted by Gasteiger charge is 2.13. The summed E-state index contributed by atoms with van der Waals surface area (Å²) in [6.45, 7) is 10.2. The van der Waals surface area contributed by atoms with Gasteiger partial charge in [0.15, 0.2) is 0 Å². The molecule has 3 aromatic carbocycles. The number of hydrogen-bond donors (Lipinski definition) is 0. The Kier molecular flexibility index (Phi) is 4.62. The molecule has 0 heterocycles. The first kappa shape index (κ1) is 15.8. The summed E-state index contributed by atoms with van der Waals surface area (Å²) in [6.07, 6.45) is 4.00. The van der Waals surface area contributed by atoms with Gasteiger partial charge in [-0.1, -0.05) is 79.4 Å². The minimum atomic E-state index is 0.903. The van der Waals surface area contributed by atoms with Crippen molar-refractivity contribution in [3.63, 3.8) is 0 Å². The first-order valence-electron chi connectivity index (χ1n) is 8.02. The van der Waals surface area contributed by atoms with Gasteiger partial charge in [0.1, 0.15) is 0 Å². The number of fused-ring (bicyclic) bond motifs is 1. The van der Waals surface area contributed by atoms with Crippen molar-refractivity contribution in [2.24, 2.45) is 0 Å². The molecular formula is C23H21N. The summed E-state index contributed by atoms with van der Waals surface area (Å²) in [7, 11) is 0. The van der Waals surface area contributed by atoms with E-state index in [0.717, 1.165) is 22.6 Å². The van der Waals surface area contributed by atoms with Crippen molar-refractivity contribution in [2.45, 2.75) is 6.92 Å². The van der Waals surface area contributed by atoms with Gasteiger partial charge in [-0.05, 0) is 36.6 Å². The summed E-state index contributed by atoms with van der Waals surface area (Å²) >= 11 is 0. The number of rotatable bonds is 5. The molecule has 0 atom stereocenters. The molecule has 1 heteroatoms. The predicted molar refractivity (Wildman–Crippen MR) is 106 cm³/mol. The van der Waals surface area contributed by atoms with Gasteiger partial charge in [-0.25, -0.2) is 0 Å². The van der Waals surface area contributed by atoms with Crippen molar-refractivity contribution in [1.29, 1.82) is 0 Å². The average molecular weight is 311 g/mol. The van der Waals surface area contributed by atoms with Gasteiger partial charge in [0.05, 0.1) is 5.69 Å². The Bertz CT molecular complexity index is 898. The van der Waals surface area contributed by atoms with Crippen LogP contribution >= 0.6 is 0 Å². The first-order chi connectivity index (χ1) is 11.7. The van der Waals surface area contributed by atoms with Gasteiger partial charge in [-0.15, -0.1) is 0 Å². The highest BCUT2D eigenvalue weighted by Crippen LogP contribution is 2.35. The Morgan fingerprint density at radius 2 is 1.46 bits per heavy atom. The van der Waals surface area contributed by atoms with E-state index in [0.29, 0.717) is 0 Å². The van der Waals surface area contributed by atoms with Crippen LogP contribution in [-0.2, 0) is 0 Å². The summed E-state index contributed by atoms with van der Waals surface area (Å²) < 4.78 is 0. The van der Waals surface area contributed by atoms with Gasteiger partial charge in [0, 0.05) is 16.8 Å². The first-order valence-corrected chi connectivity index (χ1v) is 8.02. The number of allylic oxidation sites excluding steroid dienone is 3. The van der Waals surface area contributed by atoms with Crippen molar-refractivity contribution in [1.82, 2.24) is 0 Å². The predicted octanol–water partition coefficient (Wildman–Crippen LogP) is 6.62. The van der Waals surface area contributed by atoms with E-state index in [4.69, 9.17) is 0 Å². The van der Waals surface area contributed by atoms with Gasteiger partial charge in [-0.2, -0.15) is 0 Å². The van der Waals surface area contributed by atoms with Crippen LogP contribution in [0, 0.1) is 0 Å². The summed E-state index contributed by atoms with van der Waals surface area (Å²) in [5.74, 6) is 0. The molecule has 0 saturated carbocycles. The Hall–Kier alpha value is -3.06. The standard InChI is InChI=1S/C23H21N/c1-18(2)16-17-19(3)24(21-12-5-4-6-13-21)23-15-9-11-20-10-7-8-14-22(20)23/h4-17H,1,3H2,2H3/b17-16-. The lowest BCUT2D eigenvalue weighted by Crippen LogP contribution is -2.14. The number of nitrogens with zero attached hydrogens (tertiary/aromatic N) is 1. The molecule has 1 nitrogen and oxygen atoms in total. The smallest absolute Gasteiger partial charge is 0.0539 e. The lowest BCUT2D eigenvalue weighted by atomic mass is 10.1. The average Bonchev–Trinajstić information content (AvgIpc) is 2.61. The summed E-state index contributed by atoms with van der Waals surface area (Å²) in [6, 6.07) is 25.1. The van der Waals surface area contributed by atoms with E-state index in [-0.39, 0.29) is 0 Å². The Labute approximate surface area is 143 Å². The largest absolute Gasteiger partial charge is 0.310 e. The highest BCUT2D eigenvalue weighted by atomic mass is 15.1. The normalized spacial score (nSPS) is 10.9. The van der Waals surface area contributed by atoms with Crippen molar-refractivity contribution < 1.29 is 0 Å². The van der Waals surface area contributed by atoms with Crippen LogP contribution in [0.25, 0.3) is 10.8 Å². The van der Waals surface area contributed by atoms with E-state index in [2.05, 4.69) is 72.7 Å². The summed E-state index contributed by atoms with van der Waals surface area (Å²) in [5, 5.41) is 2.42. The number of para-hydroxylation sites is 1. The lowest BCUT2D eigenvalue weighted by molar-refractivity contribution is 1.23. The molecule has 0 aliphatic carbocycles. The minimum Gasteiger partial charge on any atom is -0.310 e. The van der Waals surface area contributed by atoms with E-state index in [9.17, 15) is 0 Å². The third kappa shape index (κ3) is 3.31. The molecule has 0 spiro atoms. The van der Waals surface area contributed by atoms with Crippen molar-refractivity contribution in [2.75, 3.05) is 4.90 Å². The number of anilines is 2. The molecule has 118 valence electrons. The van der Waals surface area contributed by atoms with Crippen molar-refractivity contribution in [3.05, 3.63) is 109 Å². The van der Waals surface area contributed by atoms with Crippen LogP contribution in [0.15, 0.2) is 109 Å². The topological polar surface area (TPSA) is 3.24 Å². The molecule has 0 N–H and O–H groups in total. The molecule has 0 saturated heterocycles. The van der Waals surface area contributed by atoms with E-state index in [1.54, 1.807) is 0 Å². The van der Waals surface area contributed by atoms with E-state index in [1.807, 2.05) is 37.3 Å². The Morgan fingerprint density at radius 3 is 2.21 bits per heavy atom. The maximum absolute atomic E-state index is 4.28. The lowest BCUT2D eigenvalue weighted by Gasteiger charge is -2.27. The zero-order valence-corrected chi connectivity index (χ0v) is 13.9. The van der Waals surface area contributed by atoms with Crippen LogP contribution in [0.3, 0.4) is 0 Å². The van der Waals surface area contributed by atoms with Gasteiger partial charge in [-0.3, -0.25) is 0 Å². The third-order valence-corrected chi connectivity index (χ3v) is 3.87. The van der Waals surface area contributed by atoms with Crippen molar-refractivity contribution >= 4 is 22.1 Å². The molecule has 0 bridgehead atoms. The van der Waals surface area contributed by atoms with Crippen LogP contribution in [0.5, 0.6) is 0 Å². The third-order valence-electron chi connectivity index (χ3n) is 3.87. The molecule has 0 unspecified atom stereocenters. The van der Waals surface area contributed by atoms with E-state index < -0.39 is 0 Å². The van der Waals surface area contributed by atoms with E-state index >= 15 is 0 Å². The second kappa shape index (κ2) is 7.01. The Balaban J connectivity index is 2.17. The summed E-state index contributed by atoms with van der Waals surface area (Å²) in [5.41, 5.74) is 4.11. The van der Waals surface area contributed by atoms with Gasteiger partial charge in [0.2, 0.25) is 0 Å². The van der Waals surface area contributed by atoms with Crippen LogP contribution in [-0.4, -0.2) is 0 Å². The van der Waals surface area contributed by atoms with Gasteiger partial charge >= 0.3 is 0 Å². The fourth-order valence-electron chi connectivity index (χ4n) is 2.75. The molecule has 0 aliphatic rings. The zero-order chi connectivity index (χ0) is 16.9. The molecule has 0 aliphatic heterocycles. The van der Waals surface area contributed by atoms with Crippen LogP contribution < -0.4 is 4.90 Å². The van der Waals surface area contributed by atoms with Gasteiger partial charge in [0.25, 0.3) is 0 Å². The molecule has 0 fully saturated rings. The SMILES string of the molecule is C=C(C)/C=C\C(=C)N(c1ccccc1)c1cccc2ccccc12. The minimum absolute atomic E-state index is 0.903. The fraction of sp³-hybridized carbons (Fsp3) is 0.0435. The maximum atomic E-state index is 4.28. The second-order valence-corrected chi connectivity index (χ2v) is 5.84. The monoisotopic (exact) mass is 311 g/mol.